The maximum atomic E-state index is 2.57. The molecule has 2 heteroatoms. The van der Waals surface area contributed by atoms with Crippen molar-refractivity contribution >= 4 is 38.9 Å². The summed E-state index contributed by atoms with van der Waals surface area (Å²) in [5, 5.41) is 2.56. The van der Waals surface area contributed by atoms with Gasteiger partial charge in [0.1, 0.15) is 0 Å². The molecule has 0 radical (unpaired) electrons. The lowest BCUT2D eigenvalue weighted by molar-refractivity contribution is 0.661. The normalized spacial score (nSPS) is 14.2. The molecule has 0 N–H and O–H groups in total. The lowest BCUT2D eigenvalue weighted by Gasteiger charge is -2.41. The summed E-state index contributed by atoms with van der Waals surface area (Å²) >= 11 is 0. The molecule has 0 fully saturated rings. The van der Waals surface area contributed by atoms with Crippen molar-refractivity contribution in [1.29, 1.82) is 0 Å². The minimum absolute atomic E-state index is 0.245. The van der Waals surface area contributed by atoms with Crippen molar-refractivity contribution in [2.24, 2.45) is 0 Å². The molecule has 1 aromatic heterocycles. The van der Waals surface area contributed by atoms with Gasteiger partial charge in [0.15, 0.2) is 0 Å². The number of fused-ring (bicyclic) bond motifs is 15. The van der Waals surface area contributed by atoms with Crippen LogP contribution in [0.5, 0.6) is 0 Å². The molecule has 14 rings (SSSR count). The van der Waals surface area contributed by atoms with Gasteiger partial charge in [0.25, 0.3) is 0 Å². The number of para-hydroxylation sites is 3. The molecule has 10 aromatic carbocycles. The van der Waals surface area contributed by atoms with Crippen LogP contribution in [0.15, 0.2) is 231 Å². The second kappa shape index (κ2) is 13.7. The number of anilines is 3. The first kappa shape index (κ1) is 37.2. The van der Waals surface area contributed by atoms with E-state index >= 15 is 0 Å². The number of aromatic nitrogens is 1. The molecule has 0 saturated carbocycles. The SMILES string of the molecule is CC1(C)c2ccccc2-c2cccc(N(c3cccc(-c4ccccc4)c3)c3ccccc3-c3cccc4c3C3(c5ccccc5-c5ccccc53)c3cccc5c6ccccc6n-4c35)c21. The molecule has 0 bridgehead atoms. The van der Waals surface area contributed by atoms with Crippen LogP contribution in [0.25, 0.3) is 72.0 Å². The van der Waals surface area contributed by atoms with Crippen LogP contribution in [-0.2, 0) is 10.8 Å². The van der Waals surface area contributed by atoms with E-state index < -0.39 is 5.41 Å². The lowest BCUT2D eigenvalue weighted by atomic mass is 9.63. The van der Waals surface area contributed by atoms with Crippen molar-refractivity contribution in [3.05, 3.63) is 264 Å². The maximum Gasteiger partial charge on any atom is 0.0760 e. The summed E-state index contributed by atoms with van der Waals surface area (Å²) in [7, 11) is 0. The van der Waals surface area contributed by atoms with Crippen LogP contribution in [-0.4, -0.2) is 4.57 Å². The highest BCUT2D eigenvalue weighted by Gasteiger charge is 2.52. The van der Waals surface area contributed by atoms with Gasteiger partial charge in [-0.15, -0.1) is 0 Å². The van der Waals surface area contributed by atoms with Crippen LogP contribution < -0.4 is 4.90 Å². The second-order valence-electron chi connectivity index (χ2n) is 18.7. The minimum atomic E-state index is -0.605. The van der Waals surface area contributed by atoms with Gasteiger partial charge in [0.2, 0.25) is 0 Å². The smallest absolute Gasteiger partial charge is 0.0760 e. The van der Waals surface area contributed by atoms with Gasteiger partial charge in [-0.05, 0) is 103 Å². The fourth-order valence-corrected chi connectivity index (χ4v) is 12.6. The molecule has 0 amide bonds. The van der Waals surface area contributed by atoms with Crippen LogP contribution in [0, 0.1) is 0 Å². The zero-order valence-electron chi connectivity index (χ0n) is 36.8. The van der Waals surface area contributed by atoms with E-state index in [1.807, 2.05) is 0 Å². The van der Waals surface area contributed by atoms with Crippen LogP contribution in [0.3, 0.4) is 0 Å². The zero-order valence-corrected chi connectivity index (χ0v) is 36.8. The average molecular weight is 841 g/mol. The molecule has 66 heavy (non-hydrogen) atoms. The molecule has 0 unspecified atom stereocenters. The van der Waals surface area contributed by atoms with Crippen molar-refractivity contribution in [3.8, 4) is 50.2 Å². The van der Waals surface area contributed by atoms with Crippen molar-refractivity contribution in [3.63, 3.8) is 0 Å². The molecule has 11 aromatic rings. The fraction of sp³-hybridized carbons (Fsp3) is 0.0625. The standard InChI is InChI=1S/C64H44N2/c1-63(2)52-32-11-6-26-46(52)49-29-18-38-58(60(49)63)65(43-23-16-22-42(40-43)41-20-4-3-5-21-41)56-36-14-9-27-47(56)50-30-19-39-59-61(50)64(53-33-12-7-24-44(53)45-25-8-13-34-54(45)64)55-35-17-31-51-48-28-10-15-37-57(48)66(59)62(51)55/h3-40H,1-2H3. The molecule has 2 heterocycles. The maximum absolute atomic E-state index is 2.57. The van der Waals surface area contributed by atoms with Gasteiger partial charge in [-0.3, -0.25) is 0 Å². The fourth-order valence-electron chi connectivity index (χ4n) is 12.6. The average Bonchev–Trinajstić information content (AvgIpc) is 3.96. The summed E-state index contributed by atoms with van der Waals surface area (Å²) in [6.07, 6.45) is 0. The Bertz CT molecular complexity index is 3760. The van der Waals surface area contributed by atoms with Crippen molar-refractivity contribution in [2.45, 2.75) is 24.7 Å². The molecular weight excluding hydrogens is 797 g/mol. The van der Waals surface area contributed by atoms with E-state index in [1.165, 1.54) is 111 Å². The third-order valence-electron chi connectivity index (χ3n) is 15.2. The lowest BCUT2D eigenvalue weighted by Crippen LogP contribution is -2.34. The van der Waals surface area contributed by atoms with E-state index in [2.05, 4.69) is 254 Å². The number of nitrogens with zero attached hydrogens (tertiary/aromatic N) is 2. The summed E-state index contributed by atoms with van der Waals surface area (Å²) in [5.41, 5.74) is 24.3. The molecule has 310 valence electrons. The van der Waals surface area contributed by atoms with Gasteiger partial charge >= 0.3 is 0 Å². The molecule has 3 aliphatic rings. The van der Waals surface area contributed by atoms with Gasteiger partial charge in [0.05, 0.1) is 33.5 Å². The molecule has 2 nitrogen and oxygen atoms in total. The van der Waals surface area contributed by atoms with Crippen molar-refractivity contribution in [1.82, 2.24) is 4.57 Å². The van der Waals surface area contributed by atoms with Crippen LogP contribution in [0.1, 0.15) is 47.2 Å². The number of hydrogen-bond acceptors (Lipinski definition) is 1. The van der Waals surface area contributed by atoms with Gasteiger partial charge in [-0.25, -0.2) is 0 Å². The highest BCUT2D eigenvalue weighted by molar-refractivity contribution is 6.13. The number of rotatable bonds is 5. The first-order chi connectivity index (χ1) is 32.5. The Morgan fingerprint density at radius 1 is 0.364 bits per heavy atom. The highest BCUT2D eigenvalue weighted by atomic mass is 15.1. The van der Waals surface area contributed by atoms with Crippen LogP contribution in [0.2, 0.25) is 0 Å². The van der Waals surface area contributed by atoms with Crippen molar-refractivity contribution in [2.75, 3.05) is 4.90 Å². The van der Waals surface area contributed by atoms with E-state index in [9.17, 15) is 0 Å². The molecule has 0 atom stereocenters. The number of hydrogen-bond donors (Lipinski definition) is 0. The summed E-state index contributed by atoms with van der Waals surface area (Å²) in [5.74, 6) is 0. The van der Waals surface area contributed by atoms with E-state index in [0.29, 0.717) is 0 Å². The van der Waals surface area contributed by atoms with E-state index in [-0.39, 0.29) is 5.41 Å². The summed E-state index contributed by atoms with van der Waals surface area (Å²) in [6, 6.07) is 86.4. The summed E-state index contributed by atoms with van der Waals surface area (Å²) in [4.78, 5) is 2.57. The predicted molar refractivity (Wildman–Crippen MR) is 275 cm³/mol. The Morgan fingerprint density at radius 3 is 1.65 bits per heavy atom. The molecule has 1 spiro atoms. The Morgan fingerprint density at radius 2 is 0.879 bits per heavy atom. The Kier molecular flexibility index (Phi) is 7.70. The largest absolute Gasteiger partial charge is 0.310 e. The van der Waals surface area contributed by atoms with Gasteiger partial charge in [0, 0.05) is 33.0 Å². The molecular formula is C64H44N2. The van der Waals surface area contributed by atoms with E-state index in [1.54, 1.807) is 0 Å². The summed E-state index contributed by atoms with van der Waals surface area (Å²) in [6.45, 7) is 4.80. The van der Waals surface area contributed by atoms with Crippen molar-refractivity contribution < 1.29 is 0 Å². The Balaban J connectivity index is 1.11. The zero-order chi connectivity index (χ0) is 43.7. The first-order valence-corrected chi connectivity index (χ1v) is 23.2. The third-order valence-corrected chi connectivity index (χ3v) is 15.2. The second-order valence-corrected chi connectivity index (χ2v) is 18.7. The summed E-state index contributed by atoms with van der Waals surface area (Å²) < 4.78 is 2.57. The molecule has 1 aliphatic heterocycles. The van der Waals surface area contributed by atoms with Gasteiger partial charge < -0.3 is 9.47 Å². The Labute approximate surface area is 385 Å². The molecule has 0 saturated heterocycles. The Hall–Kier alpha value is -8.20. The topological polar surface area (TPSA) is 8.17 Å². The number of benzene rings is 10. The quantitative estimate of drug-likeness (QED) is 0.168. The third kappa shape index (κ3) is 4.80. The van der Waals surface area contributed by atoms with Crippen LogP contribution in [0.4, 0.5) is 17.1 Å². The van der Waals surface area contributed by atoms with Crippen LogP contribution >= 0.6 is 0 Å². The highest BCUT2D eigenvalue weighted by Crippen LogP contribution is 2.63. The van der Waals surface area contributed by atoms with Gasteiger partial charge in [-0.1, -0.05) is 208 Å². The van der Waals surface area contributed by atoms with E-state index in [4.69, 9.17) is 0 Å². The molecule has 2 aliphatic carbocycles. The first-order valence-electron chi connectivity index (χ1n) is 23.2. The van der Waals surface area contributed by atoms with Gasteiger partial charge in [-0.2, -0.15) is 0 Å². The minimum Gasteiger partial charge on any atom is -0.310 e. The monoisotopic (exact) mass is 840 g/mol. The van der Waals surface area contributed by atoms with E-state index in [0.717, 1.165) is 11.4 Å². The predicted octanol–water partition coefficient (Wildman–Crippen LogP) is 16.6.